The quantitative estimate of drug-likeness (QED) is 0.654. The van der Waals surface area contributed by atoms with Crippen molar-refractivity contribution in [1.29, 1.82) is 0 Å². The molecule has 1 aromatic heterocycles. The molecule has 102 valence electrons. The normalized spacial score (nSPS) is 9.80. The predicted molar refractivity (Wildman–Crippen MR) is 77.1 cm³/mol. The maximum atomic E-state index is 11.7. The van der Waals surface area contributed by atoms with E-state index in [9.17, 15) is 14.9 Å². The van der Waals surface area contributed by atoms with Crippen LogP contribution in [0.1, 0.15) is 15.2 Å². The number of nitro groups is 1. The molecule has 6 nitrogen and oxygen atoms in total. The van der Waals surface area contributed by atoms with Crippen LogP contribution in [0.3, 0.4) is 0 Å². The van der Waals surface area contributed by atoms with Gasteiger partial charge in [0.05, 0.1) is 15.5 Å². The van der Waals surface area contributed by atoms with Crippen LogP contribution in [0.4, 0.5) is 5.69 Å². The Labute approximate surface area is 118 Å². The standard InChI is InChI=1S/C13H11N3O3S/c1-9(10-4-6-11(7-5-10)16(18)19)14-15-13(17)12-3-2-8-20-12/h2-8,14H,1H2,(H,15,17). The first-order chi connectivity index (χ1) is 9.58. The highest BCUT2D eigenvalue weighted by atomic mass is 32.1. The molecular weight excluding hydrogens is 278 g/mol. The molecule has 0 fully saturated rings. The number of hydrogen-bond donors (Lipinski definition) is 2. The monoisotopic (exact) mass is 289 g/mol. The topological polar surface area (TPSA) is 84.3 Å². The summed E-state index contributed by atoms with van der Waals surface area (Å²) in [7, 11) is 0. The van der Waals surface area contributed by atoms with Gasteiger partial charge in [-0.25, -0.2) is 0 Å². The van der Waals surface area contributed by atoms with E-state index in [1.54, 1.807) is 29.6 Å². The van der Waals surface area contributed by atoms with Crippen LogP contribution in [0.2, 0.25) is 0 Å². The fraction of sp³-hybridized carbons (Fsp3) is 0. The number of nitro benzene ring substituents is 1. The Balaban J connectivity index is 1.95. The van der Waals surface area contributed by atoms with Crippen molar-refractivity contribution >= 4 is 28.6 Å². The first-order valence-electron chi connectivity index (χ1n) is 5.61. The van der Waals surface area contributed by atoms with Crippen molar-refractivity contribution in [2.24, 2.45) is 0 Å². The lowest BCUT2D eigenvalue weighted by atomic mass is 10.1. The molecule has 0 aliphatic heterocycles. The minimum absolute atomic E-state index is 0.00386. The van der Waals surface area contributed by atoms with Crippen LogP contribution in [0.15, 0.2) is 48.4 Å². The van der Waals surface area contributed by atoms with Gasteiger partial charge in [-0.3, -0.25) is 25.8 Å². The molecule has 7 heteroatoms. The maximum absolute atomic E-state index is 11.7. The Morgan fingerprint density at radius 2 is 1.90 bits per heavy atom. The summed E-state index contributed by atoms with van der Waals surface area (Å²) in [6.07, 6.45) is 0. The zero-order chi connectivity index (χ0) is 14.5. The molecule has 0 aliphatic carbocycles. The Morgan fingerprint density at radius 1 is 1.20 bits per heavy atom. The number of amides is 1. The molecule has 0 bridgehead atoms. The van der Waals surface area contributed by atoms with Crippen molar-refractivity contribution in [3.05, 3.63) is 68.9 Å². The van der Waals surface area contributed by atoms with Gasteiger partial charge in [-0.05, 0) is 29.1 Å². The third kappa shape index (κ3) is 3.21. The van der Waals surface area contributed by atoms with Crippen LogP contribution < -0.4 is 10.9 Å². The average molecular weight is 289 g/mol. The smallest absolute Gasteiger partial charge is 0.279 e. The van der Waals surface area contributed by atoms with Gasteiger partial charge in [0.25, 0.3) is 11.6 Å². The molecule has 2 N–H and O–H groups in total. The summed E-state index contributed by atoms with van der Waals surface area (Å²) in [5.41, 5.74) is 6.29. The van der Waals surface area contributed by atoms with E-state index in [-0.39, 0.29) is 11.6 Å². The van der Waals surface area contributed by atoms with E-state index in [2.05, 4.69) is 17.4 Å². The van der Waals surface area contributed by atoms with Gasteiger partial charge in [-0.2, -0.15) is 0 Å². The Bertz CT molecular complexity index is 635. The number of carbonyl (C=O) groups excluding carboxylic acids is 1. The number of hydrazine groups is 1. The number of non-ortho nitro benzene ring substituents is 1. The molecule has 1 amide bonds. The van der Waals surface area contributed by atoms with Gasteiger partial charge < -0.3 is 0 Å². The number of rotatable bonds is 5. The number of nitrogens with one attached hydrogen (secondary N) is 2. The highest BCUT2D eigenvalue weighted by molar-refractivity contribution is 7.12. The molecule has 0 atom stereocenters. The third-order valence-electron chi connectivity index (χ3n) is 2.50. The van der Waals surface area contributed by atoms with Crippen LogP contribution in [-0.2, 0) is 0 Å². The van der Waals surface area contributed by atoms with Crippen LogP contribution in [0, 0.1) is 10.1 Å². The summed E-state index contributed by atoms with van der Waals surface area (Å²) in [5, 5.41) is 12.3. The van der Waals surface area contributed by atoms with E-state index in [1.165, 1.54) is 23.5 Å². The molecule has 1 aromatic carbocycles. The molecule has 0 aliphatic rings. The fourth-order valence-electron chi connectivity index (χ4n) is 1.46. The lowest BCUT2D eigenvalue weighted by Crippen LogP contribution is -2.35. The Hall–Kier alpha value is -2.67. The number of hydrogen-bond acceptors (Lipinski definition) is 5. The van der Waals surface area contributed by atoms with Gasteiger partial charge >= 0.3 is 0 Å². The van der Waals surface area contributed by atoms with Crippen LogP contribution in [0.25, 0.3) is 5.70 Å². The molecule has 0 saturated heterocycles. The second-order valence-corrected chi connectivity index (χ2v) is 4.79. The van der Waals surface area contributed by atoms with E-state index < -0.39 is 4.92 Å². The van der Waals surface area contributed by atoms with Crippen molar-refractivity contribution in [3.63, 3.8) is 0 Å². The van der Waals surface area contributed by atoms with Crippen molar-refractivity contribution < 1.29 is 9.72 Å². The largest absolute Gasteiger partial charge is 0.298 e. The van der Waals surface area contributed by atoms with Crippen LogP contribution in [-0.4, -0.2) is 10.8 Å². The Morgan fingerprint density at radius 3 is 2.45 bits per heavy atom. The summed E-state index contributed by atoms with van der Waals surface area (Å²) >= 11 is 1.33. The summed E-state index contributed by atoms with van der Waals surface area (Å²) in [6.45, 7) is 3.76. The number of carbonyl (C=O) groups is 1. The zero-order valence-electron chi connectivity index (χ0n) is 10.3. The first-order valence-corrected chi connectivity index (χ1v) is 6.49. The predicted octanol–water partition coefficient (Wildman–Crippen LogP) is 2.56. The second kappa shape index (κ2) is 5.98. The van der Waals surface area contributed by atoms with Crippen LogP contribution >= 0.6 is 11.3 Å². The molecule has 20 heavy (non-hydrogen) atoms. The van der Waals surface area contributed by atoms with E-state index in [0.717, 1.165) is 0 Å². The van der Waals surface area contributed by atoms with Gasteiger partial charge in [0.1, 0.15) is 0 Å². The third-order valence-corrected chi connectivity index (χ3v) is 3.37. The summed E-state index contributed by atoms with van der Waals surface area (Å²) in [6, 6.07) is 9.36. The zero-order valence-corrected chi connectivity index (χ0v) is 11.1. The molecule has 0 saturated carbocycles. The minimum Gasteiger partial charge on any atom is -0.298 e. The van der Waals surface area contributed by atoms with E-state index in [1.807, 2.05) is 0 Å². The molecule has 0 spiro atoms. The minimum atomic E-state index is -0.474. The van der Waals surface area contributed by atoms with Crippen molar-refractivity contribution in [2.75, 3.05) is 0 Å². The summed E-state index contributed by atoms with van der Waals surface area (Å²) in [4.78, 5) is 22.3. The number of benzene rings is 1. The van der Waals surface area contributed by atoms with Crippen molar-refractivity contribution in [3.8, 4) is 0 Å². The number of thiophene rings is 1. The average Bonchev–Trinajstić information content (AvgIpc) is 2.98. The first kappa shape index (κ1) is 13.8. The summed E-state index contributed by atoms with van der Waals surface area (Å²) in [5.74, 6) is -0.261. The van der Waals surface area contributed by atoms with Crippen LogP contribution in [0.5, 0.6) is 0 Å². The SMILES string of the molecule is C=C(NNC(=O)c1cccs1)c1ccc([N+](=O)[O-])cc1. The number of nitrogens with zero attached hydrogens (tertiary/aromatic N) is 1. The Kier molecular flexibility index (Phi) is 4.11. The van der Waals surface area contributed by atoms with Gasteiger partial charge in [0.2, 0.25) is 0 Å². The van der Waals surface area contributed by atoms with Crippen molar-refractivity contribution in [2.45, 2.75) is 0 Å². The second-order valence-electron chi connectivity index (χ2n) is 3.84. The molecule has 1 heterocycles. The van der Waals surface area contributed by atoms with E-state index in [0.29, 0.717) is 16.1 Å². The molecule has 0 unspecified atom stereocenters. The van der Waals surface area contributed by atoms with Gasteiger partial charge in [-0.1, -0.05) is 12.6 Å². The van der Waals surface area contributed by atoms with E-state index in [4.69, 9.17) is 0 Å². The lowest BCUT2D eigenvalue weighted by molar-refractivity contribution is -0.384. The van der Waals surface area contributed by atoms with Gasteiger partial charge in [-0.15, -0.1) is 11.3 Å². The molecule has 2 rings (SSSR count). The summed E-state index contributed by atoms with van der Waals surface area (Å²) < 4.78 is 0. The maximum Gasteiger partial charge on any atom is 0.279 e. The highest BCUT2D eigenvalue weighted by Crippen LogP contribution is 2.15. The van der Waals surface area contributed by atoms with Crippen molar-refractivity contribution in [1.82, 2.24) is 10.9 Å². The molecular formula is C13H11N3O3S. The molecule has 2 aromatic rings. The fourth-order valence-corrected chi connectivity index (χ4v) is 2.08. The molecule has 0 radical (unpaired) electrons. The highest BCUT2D eigenvalue weighted by Gasteiger charge is 2.08. The van der Waals surface area contributed by atoms with E-state index >= 15 is 0 Å². The van der Waals surface area contributed by atoms with Gasteiger partial charge in [0, 0.05) is 12.1 Å². The van der Waals surface area contributed by atoms with Gasteiger partial charge in [0.15, 0.2) is 0 Å². The lowest BCUT2D eigenvalue weighted by Gasteiger charge is -2.10.